The van der Waals surface area contributed by atoms with Gasteiger partial charge in [-0.2, -0.15) is 5.10 Å². The third kappa shape index (κ3) is 3.16. The molecule has 0 N–H and O–H groups in total. The number of amides is 1. The first-order valence-electron chi connectivity index (χ1n) is 8.52. The van der Waals surface area contributed by atoms with Gasteiger partial charge in [-0.05, 0) is 32.4 Å². The van der Waals surface area contributed by atoms with Crippen molar-refractivity contribution in [3.05, 3.63) is 46.1 Å². The molecule has 3 rings (SSSR count). The molecule has 1 aromatic carbocycles. The van der Waals surface area contributed by atoms with Crippen LogP contribution < -0.4 is 4.90 Å². The van der Waals surface area contributed by atoms with Crippen molar-refractivity contribution in [2.45, 2.75) is 20.8 Å². The topological polar surface area (TPSA) is 58.4 Å². The summed E-state index contributed by atoms with van der Waals surface area (Å²) in [6.45, 7) is 8.46. The van der Waals surface area contributed by atoms with E-state index in [0.717, 1.165) is 34.5 Å². The Labute approximate surface area is 148 Å². The summed E-state index contributed by atoms with van der Waals surface area (Å²) in [5.41, 5.74) is 4.24. The average Bonchev–Trinajstić information content (AvgIpc) is 2.89. The molecule has 6 nitrogen and oxygen atoms in total. The molecular weight excluding hydrogens is 316 g/mol. The lowest BCUT2D eigenvalue weighted by molar-refractivity contribution is 0.0745. The Morgan fingerprint density at radius 1 is 1.12 bits per heavy atom. The van der Waals surface area contributed by atoms with Crippen molar-refractivity contribution >= 4 is 18.0 Å². The first-order chi connectivity index (χ1) is 11.9. The molecule has 0 radical (unpaired) electrons. The first kappa shape index (κ1) is 17.2. The number of aromatic nitrogens is 2. The summed E-state index contributed by atoms with van der Waals surface area (Å²) in [4.78, 5) is 28.3. The molecule has 132 valence electrons. The fourth-order valence-corrected chi connectivity index (χ4v) is 3.43. The van der Waals surface area contributed by atoms with Crippen LogP contribution in [-0.2, 0) is 7.05 Å². The van der Waals surface area contributed by atoms with Crippen molar-refractivity contribution in [1.82, 2.24) is 14.7 Å². The Kier molecular flexibility index (Phi) is 4.61. The van der Waals surface area contributed by atoms with Crippen LogP contribution in [0.25, 0.3) is 0 Å². The minimum Gasteiger partial charge on any atom is -0.353 e. The standard InChI is InChI=1S/C19H24N4O2/c1-13-5-6-14(2)16(11-13)19(25)23-9-7-22(8-10-23)18-17(12-24)15(3)20-21(18)4/h5-6,11-12H,7-10H2,1-4H3. The van der Waals surface area contributed by atoms with E-state index in [-0.39, 0.29) is 5.91 Å². The minimum absolute atomic E-state index is 0.0812. The summed E-state index contributed by atoms with van der Waals surface area (Å²) in [5, 5.41) is 4.34. The summed E-state index contributed by atoms with van der Waals surface area (Å²) in [7, 11) is 1.85. The van der Waals surface area contributed by atoms with Gasteiger partial charge in [-0.3, -0.25) is 14.3 Å². The van der Waals surface area contributed by atoms with E-state index in [1.165, 1.54) is 0 Å². The Bertz CT molecular complexity index is 817. The van der Waals surface area contributed by atoms with Crippen LogP contribution in [0.5, 0.6) is 0 Å². The lowest BCUT2D eigenvalue weighted by atomic mass is 10.0. The number of benzene rings is 1. The second kappa shape index (κ2) is 6.70. The predicted octanol–water partition coefficient (Wildman–Crippen LogP) is 2.12. The summed E-state index contributed by atoms with van der Waals surface area (Å²) in [5.74, 6) is 0.920. The van der Waals surface area contributed by atoms with Crippen LogP contribution in [-0.4, -0.2) is 53.1 Å². The van der Waals surface area contributed by atoms with E-state index < -0.39 is 0 Å². The number of aldehydes is 1. The van der Waals surface area contributed by atoms with Gasteiger partial charge in [-0.1, -0.05) is 17.7 Å². The van der Waals surface area contributed by atoms with Gasteiger partial charge >= 0.3 is 0 Å². The largest absolute Gasteiger partial charge is 0.353 e. The molecule has 1 aliphatic heterocycles. The third-order valence-corrected chi connectivity index (χ3v) is 4.84. The molecule has 0 bridgehead atoms. The fourth-order valence-electron chi connectivity index (χ4n) is 3.43. The molecule has 2 aromatic rings. The van der Waals surface area contributed by atoms with E-state index in [4.69, 9.17) is 0 Å². The smallest absolute Gasteiger partial charge is 0.254 e. The molecule has 1 aliphatic rings. The van der Waals surface area contributed by atoms with E-state index >= 15 is 0 Å². The summed E-state index contributed by atoms with van der Waals surface area (Å²) in [6, 6.07) is 5.97. The Morgan fingerprint density at radius 2 is 1.80 bits per heavy atom. The van der Waals surface area contributed by atoms with Crippen LogP contribution in [0.15, 0.2) is 18.2 Å². The van der Waals surface area contributed by atoms with Gasteiger partial charge in [0.25, 0.3) is 5.91 Å². The van der Waals surface area contributed by atoms with E-state index in [1.54, 1.807) is 4.68 Å². The van der Waals surface area contributed by atoms with Crippen molar-refractivity contribution in [2.75, 3.05) is 31.1 Å². The number of hydrogen-bond acceptors (Lipinski definition) is 4. The SMILES string of the molecule is Cc1ccc(C)c(C(=O)N2CCN(c3c(C=O)c(C)nn3C)CC2)c1. The first-order valence-corrected chi connectivity index (χ1v) is 8.52. The molecule has 1 amide bonds. The van der Waals surface area contributed by atoms with Crippen molar-refractivity contribution in [1.29, 1.82) is 0 Å². The second-order valence-electron chi connectivity index (χ2n) is 6.66. The molecule has 6 heteroatoms. The highest BCUT2D eigenvalue weighted by atomic mass is 16.2. The lowest BCUT2D eigenvalue weighted by Gasteiger charge is -2.36. The molecule has 0 aliphatic carbocycles. The van der Waals surface area contributed by atoms with Gasteiger partial charge in [0, 0.05) is 38.8 Å². The summed E-state index contributed by atoms with van der Waals surface area (Å²) < 4.78 is 1.75. The number of carbonyl (C=O) groups excluding carboxylic acids is 2. The summed E-state index contributed by atoms with van der Waals surface area (Å²) in [6.07, 6.45) is 0.866. The maximum atomic E-state index is 12.8. The molecule has 1 fully saturated rings. The van der Waals surface area contributed by atoms with Crippen molar-refractivity contribution in [3.8, 4) is 0 Å². The normalized spacial score (nSPS) is 14.7. The Morgan fingerprint density at radius 3 is 2.44 bits per heavy atom. The van der Waals surface area contributed by atoms with Gasteiger partial charge in [-0.15, -0.1) is 0 Å². The van der Waals surface area contributed by atoms with Crippen LogP contribution >= 0.6 is 0 Å². The predicted molar refractivity (Wildman–Crippen MR) is 97.4 cm³/mol. The Hall–Kier alpha value is -2.63. The highest BCUT2D eigenvalue weighted by Crippen LogP contribution is 2.23. The minimum atomic E-state index is 0.0812. The zero-order chi connectivity index (χ0) is 18.1. The Balaban J connectivity index is 1.75. The van der Waals surface area contributed by atoms with E-state index in [9.17, 15) is 9.59 Å². The van der Waals surface area contributed by atoms with Gasteiger partial charge in [-0.25, -0.2) is 0 Å². The molecule has 0 spiro atoms. The highest BCUT2D eigenvalue weighted by Gasteiger charge is 2.26. The third-order valence-electron chi connectivity index (χ3n) is 4.84. The zero-order valence-electron chi connectivity index (χ0n) is 15.2. The van der Waals surface area contributed by atoms with Gasteiger partial charge in [0.05, 0.1) is 11.3 Å². The van der Waals surface area contributed by atoms with Gasteiger partial charge in [0.15, 0.2) is 6.29 Å². The van der Waals surface area contributed by atoms with Gasteiger partial charge < -0.3 is 9.80 Å². The number of nitrogens with zero attached hydrogens (tertiary/aromatic N) is 4. The molecule has 25 heavy (non-hydrogen) atoms. The number of piperazine rings is 1. The molecule has 1 aromatic heterocycles. The second-order valence-corrected chi connectivity index (χ2v) is 6.66. The number of anilines is 1. The van der Waals surface area contributed by atoms with Gasteiger partial charge in [0.2, 0.25) is 0 Å². The monoisotopic (exact) mass is 340 g/mol. The molecule has 0 saturated carbocycles. The van der Waals surface area contributed by atoms with E-state index in [1.807, 2.05) is 50.9 Å². The van der Waals surface area contributed by atoms with E-state index in [2.05, 4.69) is 10.00 Å². The fraction of sp³-hybridized carbons (Fsp3) is 0.421. The van der Waals surface area contributed by atoms with E-state index in [0.29, 0.717) is 31.7 Å². The van der Waals surface area contributed by atoms with Crippen LogP contribution in [0.1, 0.15) is 37.5 Å². The molecule has 2 heterocycles. The quantitative estimate of drug-likeness (QED) is 0.803. The van der Waals surface area contributed by atoms with Crippen molar-refractivity contribution in [2.24, 2.45) is 7.05 Å². The van der Waals surface area contributed by atoms with Crippen molar-refractivity contribution < 1.29 is 9.59 Å². The average molecular weight is 340 g/mol. The van der Waals surface area contributed by atoms with Crippen LogP contribution in [0.4, 0.5) is 5.82 Å². The number of rotatable bonds is 3. The van der Waals surface area contributed by atoms with Crippen LogP contribution in [0.2, 0.25) is 0 Å². The maximum absolute atomic E-state index is 12.8. The highest BCUT2D eigenvalue weighted by molar-refractivity contribution is 5.96. The van der Waals surface area contributed by atoms with Crippen molar-refractivity contribution in [3.63, 3.8) is 0 Å². The van der Waals surface area contributed by atoms with Crippen LogP contribution in [0.3, 0.4) is 0 Å². The molecular formula is C19H24N4O2. The molecule has 0 atom stereocenters. The molecule has 0 unspecified atom stereocenters. The number of carbonyl (C=O) groups is 2. The van der Waals surface area contributed by atoms with Gasteiger partial charge in [0.1, 0.15) is 5.82 Å². The van der Waals surface area contributed by atoms with Crippen LogP contribution in [0, 0.1) is 20.8 Å². The number of aryl methyl sites for hydroxylation is 4. The molecule has 1 saturated heterocycles. The lowest BCUT2D eigenvalue weighted by Crippen LogP contribution is -2.49. The maximum Gasteiger partial charge on any atom is 0.254 e. The summed E-state index contributed by atoms with van der Waals surface area (Å²) >= 11 is 0. The zero-order valence-corrected chi connectivity index (χ0v) is 15.2. The number of hydrogen-bond donors (Lipinski definition) is 0.